The van der Waals surface area contributed by atoms with E-state index in [0.29, 0.717) is 16.8 Å². The van der Waals surface area contributed by atoms with E-state index in [2.05, 4.69) is 32.6 Å². The van der Waals surface area contributed by atoms with Crippen molar-refractivity contribution in [2.75, 3.05) is 5.73 Å². The predicted molar refractivity (Wildman–Crippen MR) is 90.6 cm³/mol. The maximum atomic E-state index is 6.15. The van der Waals surface area contributed by atoms with Gasteiger partial charge in [-0.1, -0.05) is 27.5 Å². The second-order valence-corrected chi connectivity index (χ2v) is 6.75. The average Bonchev–Trinajstić information content (AvgIpc) is 3.20. The van der Waals surface area contributed by atoms with Crippen molar-refractivity contribution < 1.29 is 0 Å². The highest BCUT2D eigenvalue weighted by atomic mass is 79.9. The average molecular weight is 363 g/mol. The number of nitrogens with zero attached hydrogens (tertiary/aromatic N) is 2. The van der Waals surface area contributed by atoms with Crippen LogP contribution in [0, 0.1) is 0 Å². The van der Waals surface area contributed by atoms with E-state index in [1.165, 1.54) is 12.8 Å². The van der Waals surface area contributed by atoms with Gasteiger partial charge in [0.2, 0.25) is 0 Å². The molecule has 0 saturated heterocycles. The van der Waals surface area contributed by atoms with Crippen LogP contribution in [0.1, 0.15) is 18.9 Å². The zero-order chi connectivity index (χ0) is 14.6. The Labute approximate surface area is 135 Å². The number of rotatable bonds is 2. The molecule has 2 N–H and O–H groups in total. The molecule has 0 aliphatic heterocycles. The van der Waals surface area contributed by atoms with E-state index in [0.717, 1.165) is 26.9 Å². The van der Waals surface area contributed by atoms with Crippen molar-refractivity contribution in [2.45, 2.75) is 18.9 Å². The van der Waals surface area contributed by atoms with Crippen LogP contribution in [-0.2, 0) is 0 Å². The molecular formula is C16H13BrClN3. The molecule has 21 heavy (non-hydrogen) atoms. The molecule has 1 fully saturated rings. The number of aromatic nitrogens is 2. The molecule has 1 aliphatic carbocycles. The van der Waals surface area contributed by atoms with Crippen molar-refractivity contribution in [3.05, 3.63) is 45.9 Å². The predicted octanol–water partition coefficient (Wildman–Crippen LogP) is 5.04. The number of imidazole rings is 1. The van der Waals surface area contributed by atoms with E-state index in [4.69, 9.17) is 22.3 Å². The first-order chi connectivity index (χ1) is 10.1. The third-order valence-electron chi connectivity index (χ3n) is 3.82. The summed E-state index contributed by atoms with van der Waals surface area (Å²) in [7, 11) is 0. The molecule has 106 valence electrons. The molecule has 0 atom stereocenters. The molecule has 2 aromatic carbocycles. The molecule has 0 unspecified atom stereocenters. The van der Waals surface area contributed by atoms with Gasteiger partial charge in [-0.25, -0.2) is 4.98 Å². The largest absolute Gasteiger partial charge is 0.398 e. The summed E-state index contributed by atoms with van der Waals surface area (Å²) in [4.78, 5) is 4.81. The summed E-state index contributed by atoms with van der Waals surface area (Å²) >= 11 is 9.51. The SMILES string of the molecule is Nc1cc(Cl)ccc1-c1nc2cc(Br)ccc2n1C1CC1. The minimum atomic E-state index is 0.529. The fraction of sp³-hybridized carbons (Fsp3) is 0.188. The van der Waals surface area contributed by atoms with Gasteiger partial charge < -0.3 is 10.3 Å². The zero-order valence-electron chi connectivity index (χ0n) is 11.2. The van der Waals surface area contributed by atoms with Crippen LogP contribution >= 0.6 is 27.5 Å². The van der Waals surface area contributed by atoms with Crippen LogP contribution in [0.4, 0.5) is 5.69 Å². The van der Waals surface area contributed by atoms with Crippen molar-refractivity contribution >= 4 is 44.3 Å². The number of anilines is 1. The normalized spacial score (nSPS) is 14.8. The van der Waals surface area contributed by atoms with Crippen molar-refractivity contribution in [3.8, 4) is 11.4 Å². The van der Waals surface area contributed by atoms with E-state index in [9.17, 15) is 0 Å². The molecule has 5 heteroatoms. The van der Waals surface area contributed by atoms with Crippen molar-refractivity contribution in [1.82, 2.24) is 9.55 Å². The van der Waals surface area contributed by atoms with Gasteiger partial charge in [-0.2, -0.15) is 0 Å². The summed E-state index contributed by atoms with van der Waals surface area (Å²) in [5, 5.41) is 0.646. The van der Waals surface area contributed by atoms with Crippen LogP contribution in [0.3, 0.4) is 0 Å². The molecule has 1 heterocycles. The fourth-order valence-electron chi connectivity index (χ4n) is 2.70. The molecule has 3 aromatic rings. The van der Waals surface area contributed by atoms with Gasteiger partial charge in [0.25, 0.3) is 0 Å². The van der Waals surface area contributed by atoms with Crippen LogP contribution in [0.5, 0.6) is 0 Å². The molecule has 0 spiro atoms. The first-order valence-corrected chi connectivity index (χ1v) is 8.03. The summed E-state index contributed by atoms with van der Waals surface area (Å²) in [5.41, 5.74) is 9.90. The van der Waals surface area contributed by atoms with Crippen LogP contribution in [0.2, 0.25) is 5.02 Å². The van der Waals surface area contributed by atoms with Gasteiger partial charge >= 0.3 is 0 Å². The fourth-order valence-corrected chi connectivity index (χ4v) is 3.23. The van der Waals surface area contributed by atoms with Crippen molar-refractivity contribution in [1.29, 1.82) is 0 Å². The smallest absolute Gasteiger partial charge is 0.143 e. The Balaban J connectivity index is 2.01. The summed E-state index contributed by atoms with van der Waals surface area (Å²) < 4.78 is 3.34. The number of fused-ring (bicyclic) bond motifs is 1. The molecular weight excluding hydrogens is 350 g/mol. The number of hydrogen-bond acceptors (Lipinski definition) is 2. The highest BCUT2D eigenvalue weighted by Crippen LogP contribution is 2.42. The molecule has 0 bridgehead atoms. The maximum absolute atomic E-state index is 6.15. The molecule has 1 aliphatic rings. The molecule has 1 saturated carbocycles. The lowest BCUT2D eigenvalue weighted by atomic mass is 10.1. The second kappa shape index (κ2) is 4.75. The van der Waals surface area contributed by atoms with Crippen LogP contribution in [0.15, 0.2) is 40.9 Å². The third-order valence-corrected chi connectivity index (χ3v) is 4.55. The molecule has 0 radical (unpaired) electrons. The Bertz CT molecular complexity index is 852. The standard InChI is InChI=1S/C16H13BrClN3/c17-9-1-6-15-14(7-9)20-16(21(15)11-3-4-11)12-5-2-10(18)8-13(12)19/h1-2,5-8,11H,3-4,19H2. The van der Waals surface area contributed by atoms with E-state index in [-0.39, 0.29) is 0 Å². The number of hydrogen-bond donors (Lipinski definition) is 1. The molecule has 0 amide bonds. The summed E-state index contributed by atoms with van der Waals surface area (Å²) in [6, 6.07) is 12.3. The second-order valence-electron chi connectivity index (χ2n) is 5.40. The lowest BCUT2D eigenvalue weighted by molar-refractivity contribution is 0.775. The van der Waals surface area contributed by atoms with E-state index < -0.39 is 0 Å². The quantitative estimate of drug-likeness (QED) is 0.649. The Morgan fingerprint density at radius 2 is 2.00 bits per heavy atom. The van der Waals surface area contributed by atoms with Gasteiger partial charge in [0, 0.05) is 26.8 Å². The molecule has 4 rings (SSSR count). The van der Waals surface area contributed by atoms with Gasteiger partial charge in [-0.15, -0.1) is 0 Å². The van der Waals surface area contributed by atoms with Crippen molar-refractivity contribution in [3.63, 3.8) is 0 Å². The maximum Gasteiger partial charge on any atom is 0.143 e. The highest BCUT2D eigenvalue weighted by Gasteiger charge is 2.29. The number of nitrogen functional groups attached to an aromatic ring is 1. The topological polar surface area (TPSA) is 43.8 Å². The van der Waals surface area contributed by atoms with Crippen LogP contribution in [-0.4, -0.2) is 9.55 Å². The number of nitrogens with two attached hydrogens (primary N) is 1. The van der Waals surface area contributed by atoms with Crippen LogP contribution in [0.25, 0.3) is 22.4 Å². The lowest BCUT2D eigenvalue weighted by Gasteiger charge is -2.10. The van der Waals surface area contributed by atoms with Gasteiger partial charge in [0.15, 0.2) is 0 Å². The van der Waals surface area contributed by atoms with Crippen LogP contribution < -0.4 is 5.73 Å². The van der Waals surface area contributed by atoms with Gasteiger partial charge in [-0.3, -0.25) is 0 Å². The van der Waals surface area contributed by atoms with Gasteiger partial charge in [0.05, 0.1) is 11.0 Å². The summed E-state index contributed by atoms with van der Waals surface area (Å²) in [6.07, 6.45) is 2.39. The minimum Gasteiger partial charge on any atom is -0.398 e. The Hall–Kier alpha value is -1.52. The number of benzene rings is 2. The Morgan fingerprint density at radius 1 is 1.19 bits per heavy atom. The lowest BCUT2D eigenvalue weighted by Crippen LogP contribution is -2.00. The van der Waals surface area contributed by atoms with Crippen molar-refractivity contribution in [2.24, 2.45) is 0 Å². The van der Waals surface area contributed by atoms with E-state index in [1.54, 1.807) is 6.07 Å². The Kier molecular flexibility index (Phi) is 2.98. The summed E-state index contributed by atoms with van der Waals surface area (Å²) in [5.74, 6) is 0.930. The van der Waals surface area contributed by atoms with E-state index in [1.807, 2.05) is 18.2 Å². The monoisotopic (exact) mass is 361 g/mol. The summed E-state index contributed by atoms with van der Waals surface area (Å²) in [6.45, 7) is 0. The molecule has 1 aromatic heterocycles. The minimum absolute atomic E-state index is 0.529. The Morgan fingerprint density at radius 3 is 2.71 bits per heavy atom. The van der Waals surface area contributed by atoms with Gasteiger partial charge in [0.1, 0.15) is 5.82 Å². The first-order valence-electron chi connectivity index (χ1n) is 6.86. The molecule has 3 nitrogen and oxygen atoms in total. The highest BCUT2D eigenvalue weighted by molar-refractivity contribution is 9.10. The first kappa shape index (κ1) is 13.2. The third kappa shape index (κ3) is 2.23. The number of halogens is 2. The van der Waals surface area contributed by atoms with Gasteiger partial charge in [-0.05, 0) is 49.2 Å². The zero-order valence-corrected chi connectivity index (χ0v) is 13.5. The van der Waals surface area contributed by atoms with E-state index >= 15 is 0 Å².